The molecule has 1 amide bonds. The van der Waals surface area contributed by atoms with E-state index in [1.807, 2.05) is 4.98 Å². The Morgan fingerprint density at radius 2 is 1.67 bits per heavy atom. The number of aliphatic hydroxyl groups is 5. The summed E-state index contributed by atoms with van der Waals surface area (Å²) in [6, 6.07) is 0.909. The van der Waals surface area contributed by atoms with Crippen LogP contribution in [0.3, 0.4) is 0 Å². The number of aliphatic hydroxyl groups excluding tert-OH is 5. The average Bonchev–Trinajstić information content (AvgIpc) is 3.23. The molecule has 11 atom stereocenters. The Morgan fingerprint density at radius 1 is 0.978 bits per heavy atom. The third-order valence-electron chi connectivity index (χ3n) is 6.37. The zero-order valence-electron chi connectivity index (χ0n) is 23.4. The van der Waals surface area contributed by atoms with Crippen LogP contribution in [0.5, 0.6) is 0 Å². The van der Waals surface area contributed by atoms with E-state index in [1.165, 1.54) is 7.11 Å². The van der Waals surface area contributed by atoms with Crippen LogP contribution in [-0.2, 0) is 46.2 Å². The molecule has 0 aliphatic carbocycles. The van der Waals surface area contributed by atoms with Gasteiger partial charge in [-0.2, -0.15) is 0 Å². The maximum Gasteiger partial charge on any atom is 0.330 e. The lowest BCUT2D eigenvalue weighted by Gasteiger charge is -2.42. The number of hydrogen-bond acceptors (Lipinski definition) is 19. The van der Waals surface area contributed by atoms with Crippen molar-refractivity contribution in [2.24, 2.45) is 0 Å². The Morgan fingerprint density at radius 3 is 2.33 bits per heavy atom. The third-order valence-corrected chi connectivity index (χ3v) is 8.90. The molecule has 0 aromatic carbocycles. The van der Waals surface area contributed by atoms with Gasteiger partial charge in [-0.3, -0.25) is 32.8 Å². The van der Waals surface area contributed by atoms with Crippen molar-refractivity contribution >= 4 is 21.6 Å². The number of aromatic nitrogens is 2. The van der Waals surface area contributed by atoms with Crippen LogP contribution >= 0.6 is 15.6 Å². The van der Waals surface area contributed by atoms with E-state index in [1.54, 1.807) is 0 Å². The van der Waals surface area contributed by atoms with E-state index in [-0.39, 0.29) is 19.6 Å². The number of methoxy groups -OCH3 is 1. The number of hydrogen-bond donors (Lipinski definition) is 7. The van der Waals surface area contributed by atoms with Gasteiger partial charge in [0, 0.05) is 32.3 Å². The molecule has 3 rings (SSSR count). The van der Waals surface area contributed by atoms with Gasteiger partial charge in [0.1, 0.15) is 42.7 Å². The van der Waals surface area contributed by atoms with Crippen molar-refractivity contribution in [2.75, 3.05) is 40.1 Å². The van der Waals surface area contributed by atoms with Crippen LogP contribution in [0, 0.1) is 0 Å². The van der Waals surface area contributed by atoms with Gasteiger partial charge in [-0.25, -0.2) is 9.11 Å². The molecule has 45 heavy (non-hydrogen) atoms. The zero-order valence-corrected chi connectivity index (χ0v) is 25.2. The zero-order chi connectivity index (χ0) is 33.5. The van der Waals surface area contributed by atoms with Crippen molar-refractivity contribution in [3.05, 3.63) is 33.1 Å². The van der Waals surface area contributed by atoms with E-state index in [2.05, 4.69) is 18.7 Å². The molecule has 1 aromatic heterocycles. The predicted molar refractivity (Wildman–Crippen MR) is 138 cm³/mol. The number of ether oxygens (including phenoxy) is 4. The summed E-state index contributed by atoms with van der Waals surface area (Å²) in [5, 5.41) is 53.2. The lowest BCUT2D eigenvalue weighted by Crippen LogP contribution is -2.60. The first-order valence-electron chi connectivity index (χ1n) is 13.1. The number of phosphoric ester groups is 2. The first kappa shape index (κ1) is 37.5. The van der Waals surface area contributed by atoms with E-state index >= 15 is 0 Å². The van der Waals surface area contributed by atoms with Crippen molar-refractivity contribution in [3.8, 4) is 0 Å². The number of aromatic amines is 1. The highest BCUT2D eigenvalue weighted by atomic mass is 31.3. The average molecular weight is 693 g/mol. The maximum atomic E-state index is 12.3. The van der Waals surface area contributed by atoms with E-state index in [0.717, 1.165) is 12.3 Å². The molecule has 2 saturated heterocycles. The Bertz CT molecular complexity index is 1340. The molecular weight excluding hydrogens is 660 g/mol. The maximum absolute atomic E-state index is 12.3. The van der Waals surface area contributed by atoms with Crippen LogP contribution < -0.4 is 26.4 Å². The second-order valence-corrected chi connectivity index (χ2v) is 12.5. The standard InChI is InChI=1S/C21H35N3O19P2/c1-37-6-7-38-5-3-12(25)22-8-10-14(27)16(29)18(31)20(41-10)42-45(35,36)43-44(33,34)39-9-11-15(28)17(30)19(40-11)24-4-2-13(26)23-21(24)32/h2,4,10-11,14-20,27-31H,3,5-9H2,1H3,(H,22,25)(H,33,34)(H,35,36)(H,23,26,32)/p-2/t10?,11?,14-,15+,16?,17+,18-,19?,20+/m0/s1. The minimum Gasteiger partial charge on any atom is -0.756 e. The lowest BCUT2D eigenvalue weighted by molar-refractivity contribution is -0.301. The molecule has 2 aliphatic heterocycles. The van der Waals surface area contributed by atoms with Crippen LogP contribution in [-0.4, -0.2) is 130 Å². The minimum absolute atomic E-state index is 0.0203. The van der Waals surface area contributed by atoms with Crippen molar-refractivity contribution in [3.63, 3.8) is 0 Å². The van der Waals surface area contributed by atoms with Crippen LogP contribution in [0.15, 0.2) is 21.9 Å². The quantitative estimate of drug-likeness (QED) is 0.0626. The smallest absolute Gasteiger partial charge is 0.330 e. The summed E-state index contributed by atoms with van der Waals surface area (Å²) in [4.78, 5) is 61.7. The summed E-state index contributed by atoms with van der Waals surface area (Å²) in [6.45, 7) is -1.09. The predicted octanol–water partition coefficient (Wildman–Crippen LogP) is -5.88. The van der Waals surface area contributed by atoms with Crippen molar-refractivity contribution in [1.29, 1.82) is 0 Å². The summed E-state index contributed by atoms with van der Waals surface area (Å²) in [5.74, 6) is -0.579. The van der Waals surface area contributed by atoms with E-state index < -0.39 is 101 Å². The number of H-pyrrole nitrogens is 1. The van der Waals surface area contributed by atoms with Gasteiger partial charge in [-0.15, -0.1) is 0 Å². The first-order valence-corrected chi connectivity index (χ1v) is 16.0. The Hall–Kier alpha value is -1.95. The Kier molecular flexibility index (Phi) is 13.5. The molecule has 1 aromatic rings. The van der Waals surface area contributed by atoms with Gasteiger partial charge in [-0.1, -0.05) is 0 Å². The second-order valence-electron chi connectivity index (χ2n) is 9.61. The van der Waals surface area contributed by atoms with E-state index in [4.69, 9.17) is 18.9 Å². The Balaban J connectivity index is 1.54. The van der Waals surface area contributed by atoms with Crippen molar-refractivity contribution < 1.29 is 81.5 Å². The molecule has 0 bridgehead atoms. The monoisotopic (exact) mass is 693 g/mol. The van der Waals surface area contributed by atoms with Crippen LogP contribution in [0.4, 0.5) is 0 Å². The molecule has 0 spiro atoms. The fraction of sp³-hybridized carbons (Fsp3) is 0.762. The topological polar surface area (TPSA) is 330 Å². The van der Waals surface area contributed by atoms with Gasteiger partial charge in [0.2, 0.25) is 5.91 Å². The summed E-state index contributed by atoms with van der Waals surface area (Å²) >= 11 is 0. The molecule has 24 heteroatoms. The highest BCUT2D eigenvalue weighted by molar-refractivity contribution is 7.59. The summed E-state index contributed by atoms with van der Waals surface area (Å²) < 4.78 is 58.4. The molecule has 3 heterocycles. The number of amides is 1. The number of carbonyl (C=O) groups is 1. The number of phosphoric acid groups is 2. The van der Waals surface area contributed by atoms with Gasteiger partial charge in [0.15, 0.2) is 12.5 Å². The number of rotatable bonds is 16. The molecule has 7 N–H and O–H groups in total. The molecule has 0 saturated carbocycles. The minimum atomic E-state index is -5.99. The van der Waals surface area contributed by atoms with Gasteiger partial charge in [-0.05, 0) is 0 Å². The fourth-order valence-electron chi connectivity index (χ4n) is 4.07. The van der Waals surface area contributed by atoms with E-state index in [9.17, 15) is 58.8 Å². The molecule has 6 unspecified atom stereocenters. The summed E-state index contributed by atoms with van der Waals surface area (Å²) in [6.07, 6.45) is -16.1. The number of nitrogens with one attached hydrogen (secondary N) is 2. The SMILES string of the molecule is COCCOCCC(=O)NCC1O[C@H](OP(=O)([O-])OP(=O)([O-])OCC2OC(n3ccc(=O)[nH]c3=O)[C@H](O)[C@@H]2O)[C@@H](O)C(O)[C@H]1O. The van der Waals surface area contributed by atoms with Gasteiger partial charge < -0.3 is 64.1 Å². The van der Waals surface area contributed by atoms with Crippen LogP contribution in [0.25, 0.3) is 0 Å². The number of carbonyl (C=O) groups excluding carboxylic acids is 1. The fourth-order valence-corrected chi connectivity index (χ4v) is 6.15. The molecule has 2 aliphatic rings. The third kappa shape index (κ3) is 10.5. The van der Waals surface area contributed by atoms with Crippen molar-refractivity contribution in [1.82, 2.24) is 14.9 Å². The molecule has 0 radical (unpaired) electrons. The van der Waals surface area contributed by atoms with E-state index in [0.29, 0.717) is 11.2 Å². The molecular formula is C21H33N3O19P2-2. The van der Waals surface area contributed by atoms with Crippen LogP contribution in [0.1, 0.15) is 12.6 Å². The largest absolute Gasteiger partial charge is 0.756 e. The number of nitrogens with zero attached hydrogens (tertiary/aromatic N) is 1. The Labute approximate surface area is 253 Å². The highest BCUT2D eigenvalue weighted by Gasteiger charge is 2.47. The van der Waals surface area contributed by atoms with Gasteiger partial charge in [0.05, 0.1) is 26.4 Å². The lowest BCUT2D eigenvalue weighted by atomic mass is 9.99. The van der Waals surface area contributed by atoms with Gasteiger partial charge >= 0.3 is 5.69 Å². The molecule has 2 fully saturated rings. The van der Waals surface area contributed by atoms with Crippen LogP contribution in [0.2, 0.25) is 0 Å². The summed E-state index contributed by atoms with van der Waals surface area (Å²) in [7, 11) is -10.4. The first-order chi connectivity index (χ1) is 21.0. The molecule has 22 nitrogen and oxygen atoms in total. The van der Waals surface area contributed by atoms with Gasteiger partial charge in [0.25, 0.3) is 21.2 Å². The van der Waals surface area contributed by atoms with Crippen molar-refractivity contribution in [2.45, 2.75) is 61.7 Å². The highest BCUT2D eigenvalue weighted by Crippen LogP contribution is 2.57. The second kappa shape index (κ2) is 16.2. The summed E-state index contributed by atoms with van der Waals surface area (Å²) in [5.41, 5.74) is -1.80. The normalized spacial score (nSPS) is 32.9. The molecule has 258 valence electrons.